The second-order valence-electron chi connectivity index (χ2n) is 1.04. The predicted molar refractivity (Wildman–Crippen MR) is 29.5 cm³/mol. The van der Waals surface area contributed by atoms with Crippen molar-refractivity contribution in [3.63, 3.8) is 0 Å². The van der Waals surface area contributed by atoms with E-state index in [1.165, 1.54) is 13.0 Å². The summed E-state index contributed by atoms with van der Waals surface area (Å²) in [5, 5.41) is 0. The van der Waals surface area contributed by atoms with E-state index in [0.29, 0.717) is 0 Å². The van der Waals surface area contributed by atoms with Gasteiger partial charge in [-0.15, -0.1) is 0 Å². The molecule has 0 aliphatic rings. The summed E-state index contributed by atoms with van der Waals surface area (Å²) in [6.07, 6.45) is 1.23. The molecule has 0 fully saturated rings. The van der Waals surface area contributed by atoms with Crippen LogP contribution in [0.4, 0.5) is 0 Å². The van der Waals surface area contributed by atoms with Crippen molar-refractivity contribution in [1.29, 1.82) is 0 Å². The van der Waals surface area contributed by atoms with Crippen molar-refractivity contribution >= 4 is 18.4 Å². The van der Waals surface area contributed by atoms with Crippen LogP contribution in [-0.2, 0) is 4.79 Å². The molecule has 0 saturated carbocycles. The van der Waals surface area contributed by atoms with E-state index in [4.69, 9.17) is 0 Å². The number of carbonyl (C=O) groups excluding carboxylic acids is 1. The van der Waals surface area contributed by atoms with Gasteiger partial charge in [0.1, 0.15) is 6.08 Å². The number of hydrogen-bond acceptors (Lipinski definition) is 1. The van der Waals surface area contributed by atoms with Crippen LogP contribution in [0.15, 0.2) is 6.08 Å². The highest BCUT2D eigenvalue weighted by molar-refractivity contribution is 5.94. The quantitative estimate of drug-likeness (QED) is 0.247. The molecule has 0 aromatic rings. The Labute approximate surface area is 41.9 Å². The van der Waals surface area contributed by atoms with Gasteiger partial charge in [0.05, 0.1) is 0 Å². The van der Waals surface area contributed by atoms with E-state index in [1.54, 1.807) is 0 Å². The highest BCUT2D eigenvalue weighted by Gasteiger charge is 1.78. The van der Waals surface area contributed by atoms with E-state index >= 15 is 0 Å². The van der Waals surface area contributed by atoms with E-state index in [-0.39, 0.29) is 5.78 Å². The van der Waals surface area contributed by atoms with Crippen molar-refractivity contribution in [1.82, 2.24) is 4.67 Å². The highest BCUT2D eigenvalue weighted by atomic mass is 16.1. The first-order chi connectivity index (χ1) is 3.27. The molecule has 0 radical (unpaired) electrons. The van der Waals surface area contributed by atoms with Crippen LogP contribution < -0.4 is 4.67 Å². The summed E-state index contributed by atoms with van der Waals surface area (Å²) in [5.41, 5.74) is 0. The third-order valence-corrected chi connectivity index (χ3v) is 0.359. The largest absolute Gasteiger partial charge is 0.314 e. The maximum absolute atomic E-state index is 10.00. The molecule has 0 amide bonds. The molecular weight excluding hydrogens is 90.1 g/mol. The Balaban J connectivity index is 3.96. The van der Waals surface area contributed by atoms with E-state index in [1.807, 2.05) is 0 Å². The topological polar surface area (TPSA) is 31.2 Å². The fourth-order valence-corrected chi connectivity index (χ4v) is 0.137. The normalized spacial score (nSPS) is 5.86. The van der Waals surface area contributed by atoms with Gasteiger partial charge in [0.25, 0.3) is 6.72 Å². The molecular formula is C5H6NO+. The zero-order chi connectivity index (χ0) is 5.70. The molecule has 0 spiro atoms. The molecule has 0 saturated heterocycles. The summed E-state index contributed by atoms with van der Waals surface area (Å²) in [6, 6.07) is 0. The van der Waals surface area contributed by atoms with E-state index in [2.05, 4.69) is 17.3 Å². The van der Waals surface area contributed by atoms with Crippen LogP contribution in [0.1, 0.15) is 6.92 Å². The van der Waals surface area contributed by atoms with Crippen molar-refractivity contribution < 1.29 is 4.79 Å². The van der Waals surface area contributed by atoms with Crippen LogP contribution in [0.3, 0.4) is 0 Å². The molecule has 7 heavy (non-hydrogen) atoms. The Morgan fingerprint density at radius 3 is 2.71 bits per heavy atom. The second-order valence-corrected chi connectivity index (χ2v) is 1.04. The molecule has 36 valence electrons. The number of hydrogen-bond donors (Lipinski definition) is 0. The van der Waals surface area contributed by atoms with Gasteiger partial charge in [-0.05, 0) is 11.6 Å². The van der Waals surface area contributed by atoms with Crippen LogP contribution in [-0.4, -0.2) is 18.4 Å². The fraction of sp³-hybridized carbons (Fsp3) is 0.200. The average molecular weight is 96.1 g/mol. The molecule has 2 heteroatoms. The van der Waals surface area contributed by atoms with Crippen molar-refractivity contribution in [2.45, 2.75) is 6.92 Å². The number of nitrogens with zero attached hydrogens (tertiary/aromatic N) is 1. The van der Waals surface area contributed by atoms with Gasteiger partial charge < -0.3 is 0 Å². The molecule has 2 nitrogen and oxygen atoms in total. The zero-order valence-corrected chi connectivity index (χ0v) is 4.14. The van der Waals surface area contributed by atoms with E-state index in [0.717, 1.165) is 0 Å². The van der Waals surface area contributed by atoms with Crippen LogP contribution >= 0.6 is 0 Å². The molecule has 0 unspecified atom stereocenters. The van der Waals surface area contributed by atoms with E-state index in [9.17, 15) is 4.79 Å². The molecule has 0 aromatic carbocycles. The summed E-state index contributed by atoms with van der Waals surface area (Å²) in [7, 11) is 0. The molecule has 0 aliphatic carbocycles. The summed E-state index contributed by atoms with van der Waals surface area (Å²) >= 11 is 0. The van der Waals surface area contributed by atoms with Crippen molar-refractivity contribution in [2.24, 2.45) is 0 Å². The Kier molecular flexibility index (Phi) is 2.62. The summed E-state index contributed by atoms with van der Waals surface area (Å²) < 4.78 is 3.20. The fourth-order valence-electron chi connectivity index (χ4n) is 0.137. The Hall–Kier alpha value is -1.10. The second kappa shape index (κ2) is 3.10. The number of allylic oxidation sites excluding steroid dienone is 1. The average Bonchev–Trinajstić information content (AvgIpc) is 1.61. The maximum atomic E-state index is 10.00. The standard InChI is InChI=1S/C5H6NO/c1-5(7)3-4-6-2/h3H,2H2,1H3/q+1. The van der Waals surface area contributed by atoms with Crippen LogP contribution in [0.2, 0.25) is 0 Å². The van der Waals surface area contributed by atoms with Gasteiger partial charge in [-0.25, -0.2) is 0 Å². The lowest BCUT2D eigenvalue weighted by Crippen LogP contribution is -1.79. The third kappa shape index (κ3) is 4.90. The first kappa shape index (κ1) is 5.90. The lowest BCUT2D eigenvalue weighted by Gasteiger charge is -1.58. The van der Waals surface area contributed by atoms with Crippen LogP contribution in [0.5, 0.6) is 0 Å². The lowest BCUT2D eigenvalue weighted by molar-refractivity contribution is -0.112. The third-order valence-electron chi connectivity index (χ3n) is 0.359. The van der Waals surface area contributed by atoms with Gasteiger partial charge in [-0.2, -0.15) is 0 Å². The van der Waals surface area contributed by atoms with Gasteiger partial charge in [0.2, 0.25) is 0 Å². The van der Waals surface area contributed by atoms with Crippen LogP contribution in [0, 0.1) is 0 Å². The molecule has 0 heterocycles. The molecule has 0 atom stereocenters. The van der Waals surface area contributed by atoms with Crippen LogP contribution in [0.25, 0.3) is 0 Å². The molecule has 0 bridgehead atoms. The molecule has 0 N–H and O–H groups in total. The SMILES string of the molecule is C=[N+]=C=CC(C)=O. The number of ketones is 1. The molecule has 0 aliphatic heterocycles. The Bertz CT molecular complexity index is 147. The molecule has 0 rings (SSSR count). The van der Waals surface area contributed by atoms with Crippen molar-refractivity contribution in [3.05, 3.63) is 6.08 Å². The van der Waals surface area contributed by atoms with Gasteiger partial charge in [-0.3, -0.25) is 4.79 Å². The van der Waals surface area contributed by atoms with Gasteiger partial charge in [0.15, 0.2) is 5.78 Å². The summed E-state index contributed by atoms with van der Waals surface area (Å²) in [6.45, 7) is 4.52. The zero-order valence-electron chi connectivity index (χ0n) is 4.14. The maximum Gasteiger partial charge on any atom is 0.314 e. The van der Waals surface area contributed by atoms with Gasteiger partial charge in [-0.1, -0.05) is 0 Å². The monoisotopic (exact) mass is 96.0 g/mol. The number of rotatable bonds is 1. The first-order valence-corrected chi connectivity index (χ1v) is 1.82. The van der Waals surface area contributed by atoms with E-state index < -0.39 is 0 Å². The minimum atomic E-state index is -0.0626. The lowest BCUT2D eigenvalue weighted by atomic mass is 10.5. The van der Waals surface area contributed by atoms with Gasteiger partial charge in [0, 0.05) is 0 Å². The summed E-state index contributed by atoms with van der Waals surface area (Å²) in [5.74, 6) is 2.22. The Morgan fingerprint density at radius 1 is 2.00 bits per heavy atom. The van der Waals surface area contributed by atoms with Crippen molar-refractivity contribution in [2.75, 3.05) is 0 Å². The number of carbonyl (C=O) groups is 1. The van der Waals surface area contributed by atoms with Gasteiger partial charge >= 0.3 is 5.87 Å². The highest BCUT2D eigenvalue weighted by Crippen LogP contribution is 1.59. The predicted octanol–water partition coefficient (Wildman–Crippen LogP) is -0.431. The smallest absolute Gasteiger partial charge is 0.294 e. The molecule has 0 aromatic heterocycles. The van der Waals surface area contributed by atoms with Crippen molar-refractivity contribution in [3.8, 4) is 0 Å². The Morgan fingerprint density at radius 2 is 2.57 bits per heavy atom. The first-order valence-electron chi connectivity index (χ1n) is 1.82. The minimum Gasteiger partial charge on any atom is -0.294 e. The summed E-state index contributed by atoms with van der Waals surface area (Å²) in [4.78, 5) is 10.00. The minimum absolute atomic E-state index is 0.0626.